The lowest BCUT2D eigenvalue weighted by Gasteiger charge is -2.27. The Morgan fingerprint density at radius 3 is 1.90 bits per heavy atom. The SMILES string of the molecule is CCCCCCCCCCCCOC(=O)C(CC)(CC)C(=O)Oc1cccc(Cl)c1Cl. The van der Waals surface area contributed by atoms with Crippen molar-refractivity contribution in [3.8, 4) is 5.75 Å². The van der Waals surface area contributed by atoms with Crippen LogP contribution in [0.5, 0.6) is 5.75 Å². The molecule has 0 amide bonds. The number of esters is 2. The van der Waals surface area contributed by atoms with E-state index in [4.69, 9.17) is 32.7 Å². The van der Waals surface area contributed by atoms with Crippen LogP contribution in [-0.2, 0) is 14.3 Å². The molecule has 6 heteroatoms. The number of benzene rings is 1. The Labute approximate surface area is 198 Å². The van der Waals surface area contributed by atoms with Crippen LogP contribution < -0.4 is 4.74 Å². The van der Waals surface area contributed by atoms with Crippen molar-refractivity contribution < 1.29 is 19.1 Å². The Balaban J connectivity index is 2.43. The summed E-state index contributed by atoms with van der Waals surface area (Å²) in [5.74, 6) is -1.04. The summed E-state index contributed by atoms with van der Waals surface area (Å²) in [6.07, 6.45) is 12.6. The number of carbonyl (C=O) groups is 2. The van der Waals surface area contributed by atoms with Crippen molar-refractivity contribution in [1.29, 1.82) is 0 Å². The van der Waals surface area contributed by atoms with Gasteiger partial charge >= 0.3 is 11.9 Å². The molecular formula is C25H38Cl2O4. The monoisotopic (exact) mass is 472 g/mol. The first-order chi connectivity index (χ1) is 14.9. The van der Waals surface area contributed by atoms with Crippen LogP contribution in [0.2, 0.25) is 10.0 Å². The highest BCUT2D eigenvalue weighted by atomic mass is 35.5. The second-order valence-electron chi connectivity index (χ2n) is 8.05. The summed E-state index contributed by atoms with van der Waals surface area (Å²) < 4.78 is 10.9. The van der Waals surface area contributed by atoms with E-state index in [0.717, 1.165) is 19.3 Å². The summed E-state index contributed by atoms with van der Waals surface area (Å²) in [7, 11) is 0. The molecule has 0 saturated carbocycles. The smallest absolute Gasteiger partial charge is 0.328 e. The minimum atomic E-state index is -1.34. The zero-order chi connectivity index (χ0) is 23.1. The minimum absolute atomic E-state index is 0.146. The summed E-state index contributed by atoms with van der Waals surface area (Å²) in [4.78, 5) is 25.7. The normalized spacial score (nSPS) is 11.4. The van der Waals surface area contributed by atoms with Crippen molar-refractivity contribution >= 4 is 35.1 Å². The zero-order valence-electron chi connectivity index (χ0n) is 19.3. The van der Waals surface area contributed by atoms with Gasteiger partial charge in [0.2, 0.25) is 0 Å². The summed E-state index contributed by atoms with van der Waals surface area (Å²) in [6.45, 7) is 6.12. The average Bonchev–Trinajstić information content (AvgIpc) is 2.76. The third kappa shape index (κ3) is 9.02. The van der Waals surface area contributed by atoms with Crippen molar-refractivity contribution in [2.75, 3.05) is 6.61 Å². The Morgan fingerprint density at radius 1 is 0.806 bits per heavy atom. The summed E-state index contributed by atoms with van der Waals surface area (Å²) in [6, 6.07) is 4.80. The molecule has 0 bridgehead atoms. The fourth-order valence-corrected chi connectivity index (χ4v) is 3.89. The van der Waals surface area contributed by atoms with E-state index < -0.39 is 17.4 Å². The summed E-state index contributed by atoms with van der Waals surface area (Å²) >= 11 is 12.1. The van der Waals surface area contributed by atoms with Gasteiger partial charge in [0.1, 0.15) is 5.02 Å². The van der Waals surface area contributed by atoms with E-state index in [1.54, 1.807) is 32.0 Å². The molecule has 0 N–H and O–H groups in total. The van der Waals surface area contributed by atoms with E-state index in [1.165, 1.54) is 44.9 Å². The van der Waals surface area contributed by atoms with Crippen molar-refractivity contribution in [3.05, 3.63) is 28.2 Å². The first-order valence-electron chi connectivity index (χ1n) is 11.8. The molecule has 1 rings (SSSR count). The molecule has 4 nitrogen and oxygen atoms in total. The van der Waals surface area contributed by atoms with Gasteiger partial charge in [-0.15, -0.1) is 0 Å². The van der Waals surface area contributed by atoms with Crippen LogP contribution >= 0.6 is 23.2 Å². The van der Waals surface area contributed by atoms with Gasteiger partial charge < -0.3 is 9.47 Å². The van der Waals surface area contributed by atoms with Crippen LogP contribution in [-0.4, -0.2) is 18.5 Å². The second kappa shape index (κ2) is 15.5. The number of ether oxygens (including phenoxy) is 2. The van der Waals surface area contributed by atoms with Gasteiger partial charge in [-0.05, 0) is 31.4 Å². The lowest BCUT2D eigenvalue weighted by molar-refractivity contribution is -0.168. The lowest BCUT2D eigenvalue weighted by Crippen LogP contribution is -2.42. The number of unbranched alkanes of at least 4 members (excludes halogenated alkanes) is 9. The van der Waals surface area contributed by atoms with Crippen LogP contribution in [0.25, 0.3) is 0 Å². The molecule has 0 saturated heterocycles. The highest BCUT2D eigenvalue weighted by Crippen LogP contribution is 2.35. The molecule has 0 aliphatic rings. The minimum Gasteiger partial charge on any atom is -0.465 e. The van der Waals surface area contributed by atoms with Gasteiger partial charge in [0.05, 0.1) is 11.6 Å². The van der Waals surface area contributed by atoms with Crippen LogP contribution in [0.3, 0.4) is 0 Å². The number of rotatable bonds is 16. The van der Waals surface area contributed by atoms with Gasteiger partial charge in [0.15, 0.2) is 11.2 Å². The average molecular weight is 473 g/mol. The van der Waals surface area contributed by atoms with Crippen LogP contribution in [0.15, 0.2) is 18.2 Å². The van der Waals surface area contributed by atoms with Crippen molar-refractivity contribution in [2.45, 2.75) is 97.8 Å². The predicted molar refractivity (Wildman–Crippen MR) is 128 cm³/mol. The number of hydrogen-bond acceptors (Lipinski definition) is 4. The molecule has 0 aromatic heterocycles. The van der Waals surface area contributed by atoms with Gasteiger partial charge in [0, 0.05) is 0 Å². The van der Waals surface area contributed by atoms with Crippen LogP contribution in [0, 0.1) is 5.41 Å². The molecule has 0 spiro atoms. The van der Waals surface area contributed by atoms with Gasteiger partial charge in [-0.1, -0.05) is 108 Å². The number of hydrogen-bond donors (Lipinski definition) is 0. The molecule has 0 fully saturated rings. The third-order valence-electron chi connectivity index (χ3n) is 5.84. The Bertz CT molecular complexity index is 671. The van der Waals surface area contributed by atoms with Crippen molar-refractivity contribution in [1.82, 2.24) is 0 Å². The maximum atomic E-state index is 12.9. The summed E-state index contributed by atoms with van der Waals surface area (Å²) in [5, 5.41) is 0.437. The molecule has 0 aliphatic heterocycles. The molecule has 0 heterocycles. The second-order valence-corrected chi connectivity index (χ2v) is 8.83. The fraction of sp³-hybridized carbons (Fsp3) is 0.680. The molecule has 31 heavy (non-hydrogen) atoms. The quantitative estimate of drug-likeness (QED) is 0.105. The van der Waals surface area contributed by atoms with Crippen molar-refractivity contribution in [3.63, 3.8) is 0 Å². The maximum Gasteiger partial charge on any atom is 0.328 e. The van der Waals surface area contributed by atoms with E-state index in [2.05, 4.69) is 6.92 Å². The maximum absolute atomic E-state index is 12.9. The zero-order valence-corrected chi connectivity index (χ0v) is 20.8. The molecule has 0 unspecified atom stereocenters. The van der Waals surface area contributed by atoms with Gasteiger partial charge in [0.25, 0.3) is 0 Å². The molecule has 176 valence electrons. The number of halogens is 2. The van der Waals surface area contributed by atoms with Crippen molar-refractivity contribution in [2.24, 2.45) is 5.41 Å². The molecular weight excluding hydrogens is 435 g/mol. The van der Waals surface area contributed by atoms with E-state index in [9.17, 15) is 9.59 Å². The Kier molecular flexibility index (Phi) is 13.9. The molecule has 0 atom stereocenters. The standard InChI is InChI=1S/C25H38Cl2O4/c1-4-7-8-9-10-11-12-13-14-15-19-30-23(28)25(5-2,6-3)24(29)31-21-18-16-17-20(26)22(21)27/h16-18H,4-15,19H2,1-3H3. The topological polar surface area (TPSA) is 52.6 Å². The van der Waals surface area contributed by atoms with Crippen LogP contribution in [0.4, 0.5) is 0 Å². The third-order valence-corrected chi connectivity index (χ3v) is 6.64. The van der Waals surface area contributed by atoms with Gasteiger partial charge in [-0.25, -0.2) is 0 Å². The van der Waals surface area contributed by atoms with Crippen LogP contribution in [0.1, 0.15) is 97.8 Å². The predicted octanol–water partition coefficient (Wildman–Crippen LogP) is 8.17. The lowest BCUT2D eigenvalue weighted by atomic mass is 9.82. The van der Waals surface area contributed by atoms with Gasteiger partial charge in [-0.2, -0.15) is 0 Å². The van der Waals surface area contributed by atoms with E-state index in [1.807, 2.05) is 0 Å². The Morgan fingerprint density at radius 2 is 1.35 bits per heavy atom. The highest BCUT2D eigenvalue weighted by Gasteiger charge is 2.46. The Hall–Kier alpha value is -1.26. The largest absolute Gasteiger partial charge is 0.465 e. The highest BCUT2D eigenvalue weighted by molar-refractivity contribution is 6.43. The molecule has 1 aromatic carbocycles. The number of carbonyl (C=O) groups excluding carboxylic acids is 2. The van der Waals surface area contributed by atoms with Gasteiger partial charge in [-0.3, -0.25) is 9.59 Å². The molecule has 1 aromatic rings. The van der Waals surface area contributed by atoms with E-state index in [-0.39, 0.29) is 28.6 Å². The first-order valence-corrected chi connectivity index (χ1v) is 12.5. The fourth-order valence-electron chi connectivity index (χ4n) is 3.56. The van der Waals surface area contributed by atoms with E-state index in [0.29, 0.717) is 6.61 Å². The first kappa shape index (κ1) is 27.8. The summed E-state index contributed by atoms with van der Waals surface area (Å²) in [5.41, 5.74) is -1.34. The molecule has 0 radical (unpaired) electrons. The van der Waals surface area contributed by atoms with E-state index >= 15 is 0 Å². The molecule has 0 aliphatic carbocycles.